The van der Waals surface area contributed by atoms with Crippen LogP contribution < -0.4 is 10.6 Å². The van der Waals surface area contributed by atoms with Gasteiger partial charge < -0.3 is 34.9 Å². The van der Waals surface area contributed by atoms with Gasteiger partial charge in [0.2, 0.25) is 11.8 Å². The monoisotopic (exact) mass is 677 g/mol. The number of allylic oxidation sites excluding steroid dienone is 1. The molecule has 3 unspecified atom stereocenters. The van der Waals surface area contributed by atoms with Gasteiger partial charge in [0.05, 0.1) is 12.7 Å². The third-order valence-electron chi connectivity index (χ3n) is 9.14. The predicted molar refractivity (Wildman–Crippen MR) is 184 cm³/mol. The first kappa shape index (κ1) is 34.0. The zero-order valence-electron chi connectivity index (χ0n) is 27.9. The van der Waals surface area contributed by atoms with Crippen LogP contribution in [0.5, 0.6) is 0 Å². The molecule has 50 heavy (non-hydrogen) atoms. The molecule has 0 spiro atoms. The van der Waals surface area contributed by atoms with Crippen LogP contribution in [0.4, 0.5) is 4.79 Å². The average Bonchev–Trinajstić information content (AvgIpc) is 3.77. The van der Waals surface area contributed by atoms with E-state index in [1.54, 1.807) is 24.1 Å². The predicted octanol–water partition coefficient (Wildman–Crippen LogP) is 3.97. The van der Waals surface area contributed by atoms with Gasteiger partial charge in [0.15, 0.2) is 0 Å². The number of amides is 4. The number of hydrogen-bond donors (Lipinski definition) is 3. The first-order chi connectivity index (χ1) is 24.2. The minimum Gasteiger partial charge on any atom is -0.466 e. The molecule has 3 heterocycles. The molecule has 1 fully saturated rings. The van der Waals surface area contributed by atoms with Crippen molar-refractivity contribution in [1.29, 1.82) is 0 Å². The molecule has 1 aromatic heterocycles. The number of benzene rings is 3. The van der Waals surface area contributed by atoms with Crippen molar-refractivity contribution in [3.63, 3.8) is 0 Å². The lowest BCUT2D eigenvalue weighted by molar-refractivity contribution is -0.142. The van der Waals surface area contributed by atoms with Crippen LogP contribution in [0, 0.1) is 0 Å². The summed E-state index contributed by atoms with van der Waals surface area (Å²) in [6.07, 6.45) is 1.54. The zero-order chi connectivity index (χ0) is 35.2. The molecule has 4 amide bonds. The molecule has 0 saturated carbocycles. The van der Waals surface area contributed by atoms with Crippen LogP contribution in [-0.4, -0.2) is 76.9 Å². The maximum atomic E-state index is 14.1. The Bertz CT molecular complexity index is 1920. The molecular weight excluding hydrogens is 638 g/mol. The Morgan fingerprint density at radius 1 is 0.960 bits per heavy atom. The molecule has 3 aromatic carbocycles. The van der Waals surface area contributed by atoms with Crippen molar-refractivity contribution in [3.8, 4) is 0 Å². The highest BCUT2D eigenvalue weighted by Gasteiger charge is 2.47. The Hall–Kier alpha value is -5.91. The highest BCUT2D eigenvalue weighted by molar-refractivity contribution is 6.00. The summed E-state index contributed by atoms with van der Waals surface area (Å²) in [5.74, 6) is -2.06. The number of fused-ring (bicyclic) bond motifs is 2. The molecule has 0 bridgehead atoms. The molecule has 4 aromatic rings. The van der Waals surface area contributed by atoms with E-state index >= 15 is 0 Å². The number of hydrogen-bond acceptors (Lipinski definition) is 7. The number of H-pyrrole nitrogens is 1. The van der Waals surface area contributed by atoms with E-state index in [0.717, 1.165) is 27.6 Å². The molecular formula is C38H39N5O7. The fraction of sp³-hybridized carbons (Fsp3) is 0.289. The first-order valence-electron chi connectivity index (χ1n) is 16.5. The molecule has 0 aliphatic carbocycles. The van der Waals surface area contributed by atoms with Crippen molar-refractivity contribution < 1.29 is 33.4 Å². The Morgan fingerprint density at radius 2 is 1.64 bits per heavy atom. The van der Waals surface area contributed by atoms with E-state index in [2.05, 4.69) is 15.6 Å². The molecule has 2 aliphatic rings. The second-order valence-electron chi connectivity index (χ2n) is 12.4. The molecule has 2 aliphatic heterocycles. The third-order valence-corrected chi connectivity index (χ3v) is 9.14. The summed E-state index contributed by atoms with van der Waals surface area (Å²) in [7, 11) is 2.92. The Balaban J connectivity index is 1.23. The van der Waals surface area contributed by atoms with Crippen LogP contribution in [0.2, 0.25) is 0 Å². The van der Waals surface area contributed by atoms with Crippen molar-refractivity contribution in [2.45, 2.75) is 57.0 Å². The van der Waals surface area contributed by atoms with Gasteiger partial charge in [-0.2, -0.15) is 0 Å². The third kappa shape index (κ3) is 7.39. The number of ether oxygens (including phenoxy) is 2. The SMILES string of the molecule is COC(=O)C1=C2CCC(C(=O)NC(Cc3c[nH]c4ccccc34)C(=O)N(C)Cc3ccccc3)N2C(=O)C(NC(=O)OCc2ccccc2)C1. The van der Waals surface area contributed by atoms with Gasteiger partial charge in [0.25, 0.3) is 5.91 Å². The summed E-state index contributed by atoms with van der Waals surface area (Å²) in [6, 6.07) is 23.1. The topological polar surface area (TPSA) is 150 Å². The maximum absolute atomic E-state index is 14.1. The quantitative estimate of drug-likeness (QED) is 0.203. The number of aromatic nitrogens is 1. The van der Waals surface area contributed by atoms with E-state index in [4.69, 9.17) is 9.47 Å². The van der Waals surface area contributed by atoms with Crippen LogP contribution >= 0.6 is 0 Å². The number of methoxy groups -OCH3 is 1. The minimum atomic E-state index is -1.18. The fourth-order valence-corrected chi connectivity index (χ4v) is 6.65. The number of nitrogens with zero attached hydrogens (tertiary/aromatic N) is 2. The summed E-state index contributed by atoms with van der Waals surface area (Å²) in [5.41, 5.74) is 4.01. The highest BCUT2D eigenvalue weighted by Crippen LogP contribution is 2.37. The molecule has 12 heteroatoms. The van der Waals surface area contributed by atoms with Gasteiger partial charge in [0.1, 0.15) is 24.7 Å². The van der Waals surface area contributed by atoms with Crippen molar-refractivity contribution >= 4 is 40.7 Å². The summed E-state index contributed by atoms with van der Waals surface area (Å²) < 4.78 is 10.4. The number of aromatic amines is 1. The van der Waals surface area contributed by atoms with Gasteiger partial charge in [-0.15, -0.1) is 0 Å². The van der Waals surface area contributed by atoms with Crippen molar-refractivity contribution in [1.82, 2.24) is 25.4 Å². The largest absolute Gasteiger partial charge is 0.466 e. The smallest absolute Gasteiger partial charge is 0.408 e. The maximum Gasteiger partial charge on any atom is 0.408 e. The number of rotatable bonds is 11. The number of para-hydroxylation sites is 1. The van der Waals surface area contributed by atoms with E-state index in [1.807, 2.05) is 79.0 Å². The molecule has 1 saturated heterocycles. The van der Waals surface area contributed by atoms with E-state index in [-0.39, 0.29) is 43.8 Å². The summed E-state index contributed by atoms with van der Waals surface area (Å²) >= 11 is 0. The first-order valence-corrected chi connectivity index (χ1v) is 16.5. The van der Waals surface area contributed by atoms with Crippen LogP contribution in [-0.2, 0) is 48.2 Å². The number of likely N-dealkylation sites (N-methyl/N-ethyl adjacent to an activating group) is 1. The fourth-order valence-electron chi connectivity index (χ4n) is 6.65. The summed E-state index contributed by atoms with van der Waals surface area (Å²) in [5, 5.41) is 6.45. The van der Waals surface area contributed by atoms with Crippen molar-refractivity contribution in [2.75, 3.05) is 14.2 Å². The van der Waals surface area contributed by atoms with Crippen molar-refractivity contribution in [3.05, 3.63) is 119 Å². The Kier molecular flexibility index (Phi) is 10.3. The van der Waals surface area contributed by atoms with Gasteiger partial charge in [0, 0.05) is 49.2 Å². The summed E-state index contributed by atoms with van der Waals surface area (Å²) in [4.78, 5) is 73.8. The van der Waals surface area contributed by atoms with Crippen LogP contribution in [0.1, 0.15) is 36.0 Å². The molecule has 12 nitrogen and oxygen atoms in total. The van der Waals surface area contributed by atoms with Crippen LogP contribution in [0.3, 0.4) is 0 Å². The minimum absolute atomic E-state index is 0.0160. The molecule has 0 radical (unpaired) electrons. The van der Waals surface area contributed by atoms with E-state index in [9.17, 15) is 24.0 Å². The number of carbonyl (C=O) groups excluding carboxylic acids is 5. The van der Waals surface area contributed by atoms with Crippen LogP contribution in [0.25, 0.3) is 10.9 Å². The van der Waals surface area contributed by atoms with Gasteiger partial charge in [-0.1, -0.05) is 78.9 Å². The van der Waals surface area contributed by atoms with E-state index in [0.29, 0.717) is 12.2 Å². The van der Waals surface area contributed by atoms with E-state index in [1.165, 1.54) is 12.0 Å². The van der Waals surface area contributed by atoms with Gasteiger partial charge in [-0.05, 0) is 35.6 Å². The molecule has 258 valence electrons. The second kappa shape index (κ2) is 15.1. The Morgan fingerprint density at radius 3 is 2.36 bits per heavy atom. The van der Waals surface area contributed by atoms with Gasteiger partial charge in [-0.25, -0.2) is 9.59 Å². The molecule has 3 atom stereocenters. The number of alkyl carbamates (subject to hydrolysis) is 1. The van der Waals surface area contributed by atoms with E-state index < -0.39 is 42.0 Å². The molecule has 6 rings (SSSR count). The lowest BCUT2D eigenvalue weighted by Gasteiger charge is -2.35. The average molecular weight is 678 g/mol. The van der Waals surface area contributed by atoms with Gasteiger partial charge >= 0.3 is 12.1 Å². The van der Waals surface area contributed by atoms with Crippen molar-refractivity contribution in [2.24, 2.45) is 0 Å². The number of esters is 1. The summed E-state index contributed by atoms with van der Waals surface area (Å²) in [6.45, 7) is 0.314. The zero-order valence-corrected chi connectivity index (χ0v) is 27.9. The second-order valence-corrected chi connectivity index (χ2v) is 12.4. The number of nitrogens with one attached hydrogen (secondary N) is 3. The standard InChI is InChI=1S/C38H39N5O7/c1-42(22-24-11-5-3-6-12-24)35(45)30(19-26-21-39-29-16-10-9-15-27(26)29)40-34(44)33-18-17-32-28(37(47)49-2)20-31(36(46)43(32)33)41-38(48)50-23-25-13-7-4-8-14-25/h3-16,21,30-31,33,39H,17-20,22-23H2,1-2H3,(H,40,44)(H,41,48). The highest BCUT2D eigenvalue weighted by atomic mass is 16.5. The normalized spacial score (nSPS) is 17.6. The van der Waals surface area contributed by atoms with Gasteiger partial charge in [-0.3, -0.25) is 14.4 Å². The molecule has 3 N–H and O–H groups in total. The lowest BCUT2D eigenvalue weighted by atomic mass is 9.97. The van der Waals surface area contributed by atoms with Crippen LogP contribution in [0.15, 0.2) is 102 Å². The number of carbonyl (C=O) groups is 5. The Labute approximate surface area is 289 Å². The lowest BCUT2D eigenvalue weighted by Crippen LogP contribution is -2.58.